The Morgan fingerprint density at radius 1 is 1.38 bits per heavy atom. The highest BCUT2D eigenvalue weighted by Crippen LogP contribution is 2.27. The van der Waals surface area contributed by atoms with Crippen LogP contribution in [0.15, 0.2) is 24.3 Å². The maximum atomic E-state index is 11.7. The molecule has 0 spiro atoms. The fourth-order valence-electron chi connectivity index (χ4n) is 2.96. The Hall–Kier alpha value is -2.24. The number of likely N-dealkylation sites (tertiary alicyclic amines) is 1. The normalized spacial score (nSPS) is 21.9. The number of methoxy groups -OCH3 is 1. The molecule has 6 heteroatoms. The summed E-state index contributed by atoms with van der Waals surface area (Å²) in [5.74, 6) is -0.00384. The van der Waals surface area contributed by atoms with Crippen LogP contribution in [0.25, 0.3) is 0 Å². The Labute approximate surface area is 124 Å². The molecule has 1 aliphatic heterocycles. The molecule has 2 atom stereocenters. The summed E-state index contributed by atoms with van der Waals surface area (Å²) in [6.45, 7) is 0.563. The third-order valence-corrected chi connectivity index (χ3v) is 4.01. The monoisotopic (exact) mass is 291 g/mol. The van der Waals surface area contributed by atoms with Crippen molar-refractivity contribution in [1.82, 2.24) is 4.90 Å². The summed E-state index contributed by atoms with van der Waals surface area (Å²) in [6, 6.07) is 6.77. The van der Waals surface area contributed by atoms with Gasteiger partial charge in [0.05, 0.1) is 13.0 Å². The van der Waals surface area contributed by atoms with Gasteiger partial charge in [0.1, 0.15) is 5.75 Å². The first kappa shape index (κ1) is 15.2. The van der Waals surface area contributed by atoms with E-state index in [1.54, 1.807) is 12.0 Å². The Morgan fingerprint density at radius 2 is 2.14 bits per heavy atom. The summed E-state index contributed by atoms with van der Waals surface area (Å²) >= 11 is 0. The average Bonchev–Trinajstić information content (AvgIpc) is 2.47. The van der Waals surface area contributed by atoms with Crippen molar-refractivity contribution in [1.29, 1.82) is 0 Å². The summed E-state index contributed by atoms with van der Waals surface area (Å²) in [7, 11) is 1.60. The van der Waals surface area contributed by atoms with E-state index in [1.165, 1.54) is 0 Å². The molecule has 6 nitrogen and oxygen atoms in total. The Balaban J connectivity index is 2.25. The van der Waals surface area contributed by atoms with E-state index in [4.69, 9.17) is 16.2 Å². The maximum absolute atomic E-state index is 11.7. The van der Waals surface area contributed by atoms with E-state index >= 15 is 0 Å². The van der Waals surface area contributed by atoms with Crippen LogP contribution in [-0.4, -0.2) is 36.5 Å². The molecule has 1 aliphatic rings. The first-order valence-electron chi connectivity index (χ1n) is 7.01. The molecular weight excluding hydrogens is 270 g/mol. The van der Waals surface area contributed by atoms with Gasteiger partial charge in [0.25, 0.3) is 0 Å². The number of piperidine rings is 1. The summed E-state index contributed by atoms with van der Waals surface area (Å²) in [6.07, 6.45) is 1.96. The molecule has 0 bridgehead atoms. The number of ether oxygens (including phenoxy) is 1. The molecule has 114 valence electrons. The van der Waals surface area contributed by atoms with E-state index in [1.807, 2.05) is 24.3 Å². The standard InChI is InChI=1S/C15H21N3O3/c1-21-11-5-2-4-10(8-11)9-13-12(14(16)19)6-3-7-18(13)15(17)20/h2,4-5,8,12-13H,3,6-7,9H2,1H3,(H2,16,19)(H2,17,20). The van der Waals surface area contributed by atoms with Crippen molar-refractivity contribution in [2.75, 3.05) is 13.7 Å². The van der Waals surface area contributed by atoms with Crippen LogP contribution in [0.5, 0.6) is 5.75 Å². The number of hydrogen-bond donors (Lipinski definition) is 2. The molecule has 0 radical (unpaired) electrons. The van der Waals surface area contributed by atoms with Crippen LogP contribution in [-0.2, 0) is 11.2 Å². The van der Waals surface area contributed by atoms with Gasteiger partial charge < -0.3 is 21.1 Å². The van der Waals surface area contributed by atoms with Gasteiger partial charge in [-0.2, -0.15) is 0 Å². The molecule has 0 aliphatic carbocycles. The zero-order chi connectivity index (χ0) is 15.4. The van der Waals surface area contributed by atoms with Crippen molar-refractivity contribution in [2.24, 2.45) is 17.4 Å². The van der Waals surface area contributed by atoms with Crippen molar-refractivity contribution in [3.8, 4) is 5.75 Å². The molecular formula is C15H21N3O3. The maximum Gasteiger partial charge on any atom is 0.315 e. The Bertz CT molecular complexity index is 511. The van der Waals surface area contributed by atoms with E-state index in [2.05, 4.69) is 0 Å². The van der Waals surface area contributed by atoms with Crippen LogP contribution in [0, 0.1) is 5.92 Å². The predicted molar refractivity (Wildman–Crippen MR) is 78.7 cm³/mol. The van der Waals surface area contributed by atoms with Crippen LogP contribution in [0.4, 0.5) is 4.79 Å². The van der Waals surface area contributed by atoms with Crippen molar-refractivity contribution in [3.63, 3.8) is 0 Å². The highest BCUT2D eigenvalue weighted by atomic mass is 16.5. The molecule has 21 heavy (non-hydrogen) atoms. The molecule has 1 heterocycles. The molecule has 2 rings (SSSR count). The molecule has 2 unspecified atom stereocenters. The van der Waals surface area contributed by atoms with Gasteiger partial charge in [0.2, 0.25) is 5.91 Å². The number of carbonyl (C=O) groups excluding carboxylic acids is 2. The molecule has 1 saturated heterocycles. The quantitative estimate of drug-likeness (QED) is 0.861. The summed E-state index contributed by atoms with van der Waals surface area (Å²) in [5, 5.41) is 0. The molecule has 1 aromatic rings. The average molecular weight is 291 g/mol. The highest BCUT2D eigenvalue weighted by molar-refractivity contribution is 5.79. The lowest BCUT2D eigenvalue weighted by Gasteiger charge is -2.39. The van der Waals surface area contributed by atoms with Crippen molar-refractivity contribution >= 4 is 11.9 Å². The number of amides is 3. The molecule has 1 fully saturated rings. The van der Waals surface area contributed by atoms with Crippen LogP contribution < -0.4 is 16.2 Å². The molecule has 0 saturated carbocycles. The van der Waals surface area contributed by atoms with Crippen molar-refractivity contribution in [2.45, 2.75) is 25.3 Å². The Morgan fingerprint density at radius 3 is 2.76 bits per heavy atom. The Kier molecular flexibility index (Phi) is 4.67. The predicted octanol–water partition coefficient (Wildman–Crippen LogP) is 0.882. The van der Waals surface area contributed by atoms with Crippen LogP contribution in [0.1, 0.15) is 18.4 Å². The van der Waals surface area contributed by atoms with E-state index < -0.39 is 6.03 Å². The SMILES string of the molecule is COc1cccc(CC2C(C(N)=O)CCCN2C(N)=O)c1. The van der Waals surface area contributed by atoms with E-state index in [0.29, 0.717) is 19.4 Å². The van der Waals surface area contributed by atoms with Gasteiger partial charge in [-0.25, -0.2) is 4.79 Å². The lowest BCUT2D eigenvalue weighted by Crippen LogP contribution is -2.54. The number of carbonyl (C=O) groups is 2. The molecule has 0 aromatic heterocycles. The second-order valence-electron chi connectivity index (χ2n) is 5.31. The second-order valence-corrected chi connectivity index (χ2v) is 5.31. The van der Waals surface area contributed by atoms with E-state index in [-0.39, 0.29) is 17.9 Å². The molecule has 3 amide bonds. The van der Waals surface area contributed by atoms with Crippen LogP contribution in [0.2, 0.25) is 0 Å². The number of urea groups is 1. The lowest BCUT2D eigenvalue weighted by molar-refractivity contribution is -0.124. The third kappa shape index (κ3) is 3.45. The van der Waals surface area contributed by atoms with Crippen LogP contribution in [0.3, 0.4) is 0 Å². The highest BCUT2D eigenvalue weighted by Gasteiger charge is 2.36. The summed E-state index contributed by atoms with van der Waals surface area (Å²) in [5.41, 5.74) is 11.9. The van der Waals surface area contributed by atoms with Crippen LogP contribution >= 0.6 is 0 Å². The fourth-order valence-corrected chi connectivity index (χ4v) is 2.96. The zero-order valence-corrected chi connectivity index (χ0v) is 12.1. The van der Waals surface area contributed by atoms with Gasteiger partial charge in [-0.1, -0.05) is 12.1 Å². The van der Waals surface area contributed by atoms with E-state index in [9.17, 15) is 9.59 Å². The van der Waals surface area contributed by atoms with Gasteiger partial charge in [-0.3, -0.25) is 4.79 Å². The minimum Gasteiger partial charge on any atom is -0.497 e. The summed E-state index contributed by atoms with van der Waals surface area (Å²) < 4.78 is 5.20. The smallest absolute Gasteiger partial charge is 0.315 e. The topological polar surface area (TPSA) is 98.7 Å². The minimum atomic E-state index is -0.506. The lowest BCUT2D eigenvalue weighted by atomic mass is 9.85. The second kappa shape index (κ2) is 6.47. The molecule has 4 N–H and O–H groups in total. The molecule has 1 aromatic carbocycles. The third-order valence-electron chi connectivity index (χ3n) is 4.01. The first-order valence-corrected chi connectivity index (χ1v) is 7.01. The largest absolute Gasteiger partial charge is 0.497 e. The minimum absolute atomic E-state index is 0.291. The number of nitrogens with zero attached hydrogens (tertiary/aromatic N) is 1. The number of hydrogen-bond acceptors (Lipinski definition) is 3. The number of nitrogens with two attached hydrogens (primary N) is 2. The van der Waals surface area contributed by atoms with E-state index in [0.717, 1.165) is 17.7 Å². The number of primary amides is 2. The fraction of sp³-hybridized carbons (Fsp3) is 0.467. The summed E-state index contributed by atoms with van der Waals surface area (Å²) in [4.78, 5) is 24.8. The van der Waals surface area contributed by atoms with Crippen molar-refractivity contribution < 1.29 is 14.3 Å². The first-order chi connectivity index (χ1) is 10.0. The number of benzene rings is 1. The van der Waals surface area contributed by atoms with Crippen molar-refractivity contribution in [3.05, 3.63) is 29.8 Å². The van der Waals surface area contributed by atoms with Gasteiger partial charge >= 0.3 is 6.03 Å². The van der Waals surface area contributed by atoms with Gasteiger partial charge in [-0.15, -0.1) is 0 Å². The number of rotatable bonds is 4. The van der Waals surface area contributed by atoms with Gasteiger partial charge in [-0.05, 0) is 37.0 Å². The zero-order valence-electron chi connectivity index (χ0n) is 12.1. The van der Waals surface area contributed by atoms with Gasteiger partial charge in [0, 0.05) is 12.6 Å². The van der Waals surface area contributed by atoms with Gasteiger partial charge in [0.15, 0.2) is 0 Å².